The number of aldehydes is 1. The van der Waals surface area contributed by atoms with Crippen molar-refractivity contribution in [2.45, 2.75) is 19.8 Å². The molecule has 0 bridgehead atoms. The number of thiazole rings is 1. The zero-order valence-corrected chi connectivity index (χ0v) is 11.5. The largest absolute Gasteiger partial charge is 0.496 e. The summed E-state index contributed by atoms with van der Waals surface area (Å²) in [7, 11) is 1.56. The van der Waals surface area contributed by atoms with Gasteiger partial charge in [0.05, 0.1) is 18.4 Å². The van der Waals surface area contributed by atoms with Crippen LogP contribution in [0.2, 0.25) is 0 Å². The lowest BCUT2D eigenvalue weighted by Gasteiger charge is -2.04. The Bertz CT molecular complexity index is 561. The zero-order chi connectivity index (χ0) is 13.1. The van der Waals surface area contributed by atoms with Crippen molar-refractivity contribution in [1.82, 2.24) is 4.98 Å². The second-order valence-corrected chi connectivity index (χ2v) is 5.16. The van der Waals surface area contributed by atoms with Gasteiger partial charge in [-0.1, -0.05) is 13.8 Å². The second kappa shape index (κ2) is 5.31. The Morgan fingerprint density at radius 3 is 2.72 bits per heavy atom. The Kier molecular flexibility index (Phi) is 3.77. The molecule has 3 nitrogen and oxygen atoms in total. The fourth-order valence-corrected chi connectivity index (χ4v) is 2.62. The molecule has 2 aromatic rings. The lowest BCUT2D eigenvalue weighted by Crippen LogP contribution is -1.91. The third-order valence-electron chi connectivity index (χ3n) is 2.72. The number of hydrogen-bond donors (Lipinski definition) is 0. The van der Waals surface area contributed by atoms with Gasteiger partial charge in [0.1, 0.15) is 10.8 Å². The summed E-state index contributed by atoms with van der Waals surface area (Å²) in [5.41, 5.74) is 2.59. The molecule has 18 heavy (non-hydrogen) atoms. The number of methoxy groups -OCH3 is 1. The summed E-state index contributed by atoms with van der Waals surface area (Å²) in [6.07, 6.45) is 0.805. The normalized spacial score (nSPS) is 10.7. The van der Waals surface area contributed by atoms with Crippen molar-refractivity contribution in [3.05, 3.63) is 34.8 Å². The highest BCUT2D eigenvalue weighted by Gasteiger charge is 2.10. The average molecular weight is 261 g/mol. The highest BCUT2D eigenvalue weighted by molar-refractivity contribution is 7.13. The molecule has 0 amide bonds. The van der Waals surface area contributed by atoms with E-state index >= 15 is 0 Å². The van der Waals surface area contributed by atoms with Gasteiger partial charge < -0.3 is 4.74 Å². The number of aromatic nitrogens is 1. The standard InChI is InChI=1S/C14H15NO2S/c1-9(2)12-8-18-14(15-12)10-4-5-13(17-3)11(6-10)7-16/h4-9H,1-3H3. The van der Waals surface area contributed by atoms with Crippen LogP contribution in [-0.4, -0.2) is 18.4 Å². The van der Waals surface area contributed by atoms with Gasteiger partial charge in [-0.2, -0.15) is 0 Å². The molecule has 0 N–H and O–H groups in total. The average Bonchev–Trinajstić information content (AvgIpc) is 2.87. The molecular formula is C14H15NO2S. The van der Waals surface area contributed by atoms with Crippen molar-refractivity contribution in [3.8, 4) is 16.3 Å². The number of rotatable bonds is 4. The predicted molar refractivity (Wildman–Crippen MR) is 73.6 cm³/mol. The molecule has 0 aliphatic rings. The molecule has 94 valence electrons. The van der Waals surface area contributed by atoms with E-state index in [1.165, 1.54) is 0 Å². The molecule has 0 fully saturated rings. The Labute approximate surface area is 110 Å². The Balaban J connectivity index is 2.41. The van der Waals surface area contributed by atoms with E-state index in [0.717, 1.165) is 22.6 Å². The molecule has 0 atom stereocenters. The van der Waals surface area contributed by atoms with Gasteiger partial charge in [-0.3, -0.25) is 4.79 Å². The minimum absolute atomic E-state index is 0.416. The Morgan fingerprint density at radius 2 is 2.17 bits per heavy atom. The molecule has 0 unspecified atom stereocenters. The smallest absolute Gasteiger partial charge is 0.153 e. The monoisotopic (exact) mass is 261 g/mol. The minimum atomic E-state index is 0.416. The fourth-order valence-electron chi connectivity index (χ4n) is 1.64. The maximum atomic E-state index is 11.0. The number of hydrogen-bond acceptors (Lipinski definition) is 4. The van der Waals surface area contributed by atoms with Crippen LogP contribution in [0.3, 0.4) is 0 Å². The van der Waals surface area contributed by atoms with E-state index in [2.05, 4.69) is 24.2 Å². The first-order valence-corrected chi connectivity index (χ1v) is 6.62. The molecule has 1 heterocycles. The van der Waals surface area contributed by atoms with E-state index in [0.29, 0.717) is 17.2 Å². The molecule has 0 spiro atoms. The van der Waals surface area contributed by atoms with Gasteiger partial charge in [0.25, 0.3) is 0 Å². The van der Waals surface area contributed by atoms with Crippen LogP contribution in [0.15, 0.2) is 23.6 Å². The lowest BCUT2D eigenvalue weighted by atomic mass is 10.1. The number of benzene rings is 1. The first-order chi connectivity index (χ1) is 8.65. The van der Waals surface area contributed by atoms with E-state index in [-0.39, 0.29) is 0 Å². The van der Waals surface area contributed by atoms with Gasteiger partial charge in [-0.25, -0.2) is 4.98 Å². The zero-order valence-electron chi connectivity index (χ0n) is 10.6. The molecule has 1 aromatic heterocycles. The number of carbonyl (C=O) groups is 1. The minimum Gasteiger partial charge on any atom is -0.496 e. The first kappa shape index (κ1) is 12.8. The van der Waals surface area contributed by atoms with Gasteiger partial charge in [0.15, 0.2) is 6.29 Å². The quantitative estimate of drug-likeness (QED) is 0.787. The van der Waals surface area contributed by atoms with Gasteiger partial charge in [0, 0.05) is 10.9 Å². The second-order valence-electron chi connectivity index (χ2n) is 4.31. The molecule has 0 saturated heterocycles. The molecule has 2 rings (SSSR count). The van der Waals surface area contributed by atoms with Crippen LogP contribution in [0.25, 0.3) is 10.6 Å². The summed E-state index contributed by atoms with van der Waals surface area (Å²) in [5, 5.41) is 3.00. The molecule has 4 heteroatoms. The van der Waals surface area contributed by atoms with Crippen LogP contribution in [0.4, 0.5) is 0 Å². The number of nitrogens with zero attached hydrogens (tertiary/aromatic N) is 1. The Hall–Kier alpha value is -1.68. The lowest BCUT2D eigenvalue weighted by molar-refractivity contribution is 0.112. The molecular weight excluding hydrogens is 246 g/mol. The highest BCUT2D eigenvalue weighted by Crippen LogP contribution is 2.29. The maximum Gasteiger partial charge on any atom is 0.153 e. The Morgan fingerprint density at radius 1 is 1.39 bits per heavy atom. The van der Waals surface area contributed by atoms with Crippen LogP contribution in [-0.2, 0) is 0 Å². The van der Waals surface area contributed by atoms with Crippen molar-refractivity contribution in [2.75, 3.05) is 7.11 Å². The molecule has 1 aromatic carbocycles. The van der Waals surface area contributed by atoms with Crippen molar-refractivity contribution in [2.24, 2.45) is 0 Å². The SMILES string of the molecule is COc1ccc(-c2nc(C(C)C)cs2)cc1C=O. The molecule has 0 aliphatic heterocycles. The van der Waals surface area contributed by atoms with Crippen molar-refractivity contribution < 1.29 is 9.53 Å². The van der Waals surface area contributed by atoms with Crippen LogP contribution >= 0.6 is 11.3 Å². The summed E-state index contributed by atoms with van der Waals surface area (Å²) < 4.78 is 5.12. The van der Waals surface area contributed by atoms with Crippen LogP contribution in [0.5, 0.6) is 5.75 Å². The van der Waals surface area contributed by atoms with Gasteiger partial charge in [-0.05, 0) is 24.1 Å². The topological polar surface area (TPSA) is 39.2 Å². The number of ether oxygens (including phenoxy) is 1. The van der Waals surface area contributed by atoms with Crippen molar-refractivity contribution in [3.63, 3.8) is 0 Å². The van der Waals surface area contributed by atoms with Gasteiger partial charge in [-0.15, -0.1) is 11.3 Å². The van der Waals surface area contributed by atoms with E-state index < -0.39 is 0 Å². The van der Waals surface area contributed by atoms with E-state index in [9.17, 15) is 4.79 Å². The summed E-state index contributed by atoms with van der Waals surface area (Å²) in [4.78, 5) is 15.6. The van der Waals surface area contributed by atoms with Gasteiger partial charge in [0.2, 0.25) is 0 Å². The van der Waals surface area contributed by atoms with E-state index in [4.69, 9.17) is 4.74 Å². The van der Waals surface area contributed by atoms with E-state index in [1.54, 1.807) is 24.5 Å². The fraction of sp³-hybridized carbons (Fsp3) is 0.286. The summed E-state index contributed by atoms with van der Waals surface area (Å²) in [6, 6.07) is 5.54. The maximum absolute atomic E-state index is 11.0. The van der Waals surface area contributed by atoms with Crippen molar-refractivity contribution >= 4 is 17.6 Å². The van der Waals surface area contributed by atoms with Crippen LogP contribution in [0.1, 0.15) is 35.8 Å². The first-order valence-electron chi connectivity index (χ1n) is 5.74. The predicted octanol–water partition coefficient (Wildman–Crippen LogP) is 3.75. The van der Waals surface area contributed by atoms with Crippen LogP contribution < -0.4 is 4.74 Å². The third kappa shape index (κ3) is 2.43. The molecule has 0 aliphatic carbocycles. The molecule has 0 saturated carbocycles. The highest BCUT2D eigenvalue weighted by atomic mass is 32.1. The third-order valence-corrected chi connectivity index (χ3v) is 3.63. The van der Waals surface area contributed by atoms with Crippen molar-refractivity contribution in [1.29, 1.82) is 0 Å². The summed E-state index contributed by atoms with van der Waals surface area (Å²) in [6.45, 7) is 4.23. The van der Waals surface area contributed by atoms with E-state index in [1.807, 2.05) is 12.1 Å². The molecule has 0 radical (unpaired) electrons. The van der Waals surface area contributed by atoms with Gasteiger partial charge >= 0.3 is 0 Å². The van der Waals surface area contributed by atoms with Crippen LogP contribution in [0, 0.1) is 0 Å². The number of carbonyl (C=O) groups excluding carboxylic acids is 1. The summed E-state index contributed by atoms with van der Waals surface area (Å²) in [5.74, 6) is 1.01. The summed E-state index contributed by atoms with van der Waals surface area (Å²) >= 11 is 1.60.